The largest absolute Gasteiger partial charge is 0.378 e. The molecule has 0 radical (unpaired) electrons. The van der Waals surface area contributed by atoms with Crippen LogP contribution in [0.2, 0.25) is 0 Å². The number of rotatable bonds is 4. The summed E-state index contributed by atoms with van der Waals surface area (Å²) < 4.78 is 5.52. The van der Waals surface area contributed by atoms with Crippen molar-refractivity contribution < 1.29 is 9.32 Å². The maximum atomic E-state index is 13.1. The van der Waals surface area contributed by atoms with E-state index in [1.807, 2.05) is 78.5 Å². The van der Waals surface area contributed by atoms with Crippen LogP contribution >= 0.6 is 0 Å². The van der Waals surface area contributed by atoms with E-state index in [0.717, 1.165) is 24.1 Å². The second kappa shape index (κ2) is 7.23. The van der Waals surface area contributed by atoms with Crippen molar-refractivity contribution in [3.05, 3.63) is 66.1 Å². The molecule has 1 fully saturated rings. The predicted molar refractivity (Wildman–Crippen MR) is 104 cm³/mol. The minimum absolute atomic E-state index is 0.000612. The molecular formula is C21H22N4O2. The second-order valence-electron chi connectivity index (χ2n) is 6.92. The van der Waals surface area contributed by atoms with Crippen molar-refractivity contribution in [1.82, 2.24) is 15.0 Å². The van der Waals surface area contributed by atoms with Gasteiger partial charge in [-0.15, -0.1) is 0 Å². The molecule has 138 valence electrons. The molecule has 6 heteroatoms. The molecule has 1 atom stereocenters. The summed E-state index contributed by atoms with van der Waals surface area (Å²) in [6.45, 7) is 0.693. The number of hydrogen-bond acceptors (Lipinski definition) is 5. The molecule has 2 aromatic carbocycles. The first-order valence-electron chi connectivity index (χ1n) is 9.11. The van der Waals surface area contributed by atoms with Crippen LogP contribution < -0.4 is 4.90 Å². The molecule has 1 aromatic heterocycles. The molecule has 0 saturated carbocycles. The van der Waals surface area contributed by atoms with Gasteiger partial charge in [-0.05, 0) is 31.0 Å². The van der Waals surface area contributed by atoms with Crippen LogP contribution in [-0.2, 0) is 0 Å². The molecule has 0 unspecified atom stereocenters. The van der Waals surface area contributed by atoms with Crippen LogP contribution in [-0.4, -0.2) is 41.6 Å². The zero-order valence-electron chi connectivity index (χ0n) is 15.5. The topological polar surface area (TPSA) is 62.5 Å². The number of aromatic nitrogens is 2. The normalized spacial score (nSPS) is 16.5. The van der Waals surface area contributed by atoms with E-state index >= 15 is 0 Å². The molecule has 1 aliphatic heterocycles. The maximum absolute atomic E-state index is 13.1. The first-order valence-corrected chi connectivity index (χ1v) is 9.11. The minimum Gasteiger partial charge on any atom is -0.378 e. The van der Waals surface area contributed by atoms with Gasteiger partial charge >= 0.3 is 0 Å². The summed E-state index contributed by atoms with van der Waals surface area (Å²) in [4.78, 5) is 21.5. The fourth-order valence-electron chi connectivity index (χ4n) is 3.42. The highest BCUT2D eigenvalue weighted by atomic mass is 16.5. The molecule has 4 rings (SSSR count). The molecule has 1 amide bonds. The Labute approximate surface area is 158 Å². The van der Waals surface area contributed by atoms with Crippen molar-refractivity contribution in [2.24, 2.45) is 0 Å². The zero-order chi connectivity index (χ0) is 18.8. The monoisotopic (exact) mass is 362 g/mol. The smallest absolute Gasteiger partial charge is 0.254 e. The fraction of sp³-hybridized carbons (Fsp3) is 0.286. The lowest BCUT2D eigenvalue weighted by Crippen LogP contribution is -2.30. The van der Waals surface area contributed by atoms with E-state index in [-0.39, 0.29) is 11.9 Å². The van der Waals surface area contributed by atoms with Gasteiger partial charge in [0.05, 0.1) is 0 Å². The predicted octanol–water partition coefficient (Wildman–Crippen LogP) is 3.78. The maximum Gasteiger partial charge on any atom is 0.254 e. The van der Waals surface area contributed by atoms with Gasteiger partial charge in [-0.25, -0.2) is 0 Å². The third-order valence-corrected chi connectivity index (χ3v) is 4.88. The number of hydrogen-bond donors (Lipinski definition) is 0. The van der Waals surface area contributed by atoms with Gasteiger partial charge in [-0.2, -0.15) is 4.98 Å². The number of carbonyl (C=O) groups excluding carboxylic acids is 1. The summed E-state index contributed by atoms with van der Waals surface area (Å²) in [6.07, 6.45) is 1.75. The first-order chi connectivity index (χ1) is 13.1. The van der Waals surface area contributed by atoms with Gasteiger partial charge in [0.15, 0.2) is 0 Å². The van der Waals surface area contributed by atoms with Crippen LogP contribution in [0.1, 0.15) is 35.1 Å². The van der Waals surface area contributed by atoms with E-state index in [1.54, 1.807) is 0 Å². The molecule has 1 aliphatic rings. The van der Waals surface area contributed by atoms with Crippen molar-refractivity contribution in [2.75, 3.05) is 25.5 Å². The summed E-state index contributed by atoms with van der Waals surface area (Å²) in [5.74, 6) is 1.06. The molecule has 27 heavy (non-hydrogen) atoms. The molecule has 2 heterocycles. The molecule has 0 N–H and O–H groups in total. The highest BCUT2D eigenvalue weighted by Gasteiger charge is 2.34. The van der Waals surface area contributed by atoms with E-state index in [2.05, 4.69) is 10.1 Å². The SMILES string of the molecule is CN(C)c1cccc(C(=O)N2CCC[C@@H]2c2nc(-c3ccccc3)no2)c1. The molecule has 0 bridgehead atoms. The van der Waals surface area contributed by atoms with Crippen molar-refractivity contribution in [1.29, 1.82) is 0 Å². The third kappa shape index (κ3) is 3.43. The minimum atomic E-state index is -0.175. The number of amides is 1. The highest BCUT2D eigenvalue weighted by Crippen LogP contribution is 2.33. The summed E-state index contributed by atoms with van der Waals surface area (Å²) in [7, 11) is 3.93. The molecule has 1 saturated heterocycles. The van der Waals surface area contributed by atoms with E-state index in [1.165, 1.54) is 0 Å². The van der Waals surface area contributed by atoms with Crippen LogP contribution in [0.4, 0.5) is 5.69 Å². The van der Waals surface area contributed by atoms with Gasteiger partial charge in [-0.3, -0.25) is 4.79 Å². The Kier molecular flexibility index (Phi) is 4.62. The number of likely N-dealkylation sites (tertiary alicyclic amines) is 1. The first kappa shape index (κ1) is 17.3. The van der Waals surface area contributed by atoms with Crippen molar-refractivity contribution >= 4 is 11.6 Å². The Balaban J connectivity index is 1.58. The van der Waals surface area contributed by atoms with Crippen molar-refractivity contribution in [2.45, 2.75) is 18.9 Å². The summed E-state index contributed by atoms with van der Waals surface area (Å²) in [6, 6.07) is 17.2. The lowest BCUT2D eigenvalue weighted by atomic mass is 10.1. The van der Waals surface area contributed by atoms with Crippen LogP contribution in [0.25, 0.3) is 11.4 Å². The number of carbonyl (C=O) groups is 1. The third-order valence-electron chi connectivity index (χ3n) is 4.88. The van der Waals surface area contributed by atoms with Crippen molar-refractivity contribution in [3.8, 4) is 11.4 Å². The Morgan fingerprint density at radius 3 is 2.74 bits per heavy atom. The Morgan fingerprint density at radius 1 is 1.15 bits per heavy atom. The Bertz CT molecular complexity index is 936. The number of nitrogens with zero attached hydrogens (tertiary/aromatic N) is 4. The van der Waals surface area contributed by atoms with Crippen LogP contribution in [0, 0.1) is 0 Å². The average Bonchev–Trinajstić information content (AvgIpc) is 3.37. The van der Waals surface area contributed by atoms with E-state index in [9.17, 15) is 4.79 Å². The molecule has 0 aliphatic carbocycles. The van der Waals surface area contributed by atoms with Crippen molar-refractivity contribution in [3.63, 3.8) is 0 Å². The van der Waals surface area contributed by atoms with Gasteiger partial charge in [0.2, 0.25) is 11.7 Å². The van der Waals surface area contributed by atoms with Crippen LogP contribution in [0.15, 0.2) is 59.1 Å². The molecular weight excluding hydrogens is 340 g/mol. The standard InChI is InChI=1S/C21H22N4O2/c1-24(2)17-11-6-10-16(14-17)21(26)25-13-7-12-18(25)20-22-19(23-27-20)15-8-4-3-5-9-15/h3-6,8-11,14,18H,7,12-13H2,1-2H3/t18-/m1/s1. The summed E-state index contributed by atoms with van der Waals surface area (Å²) in [5, 5.41) is 4.10. The Hall–Kier alpha value is -3.15. The zero-order valence-corrected chi connectivity index (χ0v) is 15.5. The van der Waals surface area contributed by atoms with E-state index in [0.29, 0.717) is 23.8 Å². The molecule has 6 nitrogen and oxygen atoms in total. The quantitative estimate of drug-likeness (QED) is 0.707. The van der Waals surface area contributed by atoms with Gasteiger partial charge in [0.25, 0.3) is 5.91 Å². The molecule has 0 spiro atoms. The highest BCUT2D eigenvalue weighted by molar-refractivity contribution is 5.95. The Morgan fingerprint density at radius 2 is 1.96 bits per heavy atom. The van der Waals surface area contributed by atoms with Gasteiger partial charge in [0.1, 0.15) is 6.04 Å². The lowest BCUT2D eigenvalue weighted by molar-refractivity contribution is 0.0710. The number of benzene rings is 2. The van der Waals surface area contributed by atoms with E-state index in [4.69, 9.17) is 4.52 Å². The van der Waals surface area contributed by atoms with Gasteiger partial charge in [-0.1, -0.05) is 41.6 Å². The second-order valence-corrected chi connectivity index (χ2v) is 6.92. The van der Waals surface area contributed by atoms with Gasteiger partial charge in [0, 0.05) is 37.5 Å². The van der Waals surface area contributed by atoms with Gasteiger partial charge < -0.3 is 14.3 Å². The van der Waals surface area contributed by atoms with E-state index < -0.39 is 0 Å². The molecule has 3 aromatic rings. The summed E-state index contributed by atoms with van der Waals surface area (Å²) in [5.41, 5.74) is 2.58. The average molecular weight is 362 g/mol. The number of anilines is 1. The van der Waals surface area contributed by atoms with Crippen LogP contribution in [0.5, 0.6) is 0 Å². The fourth-order valence-corrected chi connectivity index (χ4v) is 3.42. The lowest BCUT2D eigenvalue weighted by Gasteiger charge is -2.22. The summed E-state index contributed by atoms with van der Waals surface area (Å²) >= 11 is 0. The van der Waals surface area contributed by atoms with Crippen LogP contribution in [0.3, 0.4) is 0 Å².